The molecule has 0 aromatic heterocycles. The summed E-state index contributed by atoms with van der Waals surface area (Å²) in [5, 5.41) is 3.09. The number of benzene rings is 2. The number of para-hydroxylation sites is 1. The highest BCUT2D eigenvalue weighted by molar-refractivity contribution is 7.89. The maximum absolute atomic E-state index is 12.2. The number of nitrogens with one attached hydrogen (secondary N) is 2. The molecule has 0 heterocycles. The number of methoxy groups -OCH3 is 1. The van der Waals surface area contributed by atoms with Crippen LogP contribution in [-0.2, 0) is 19.6 Å². The predicted octanol–water partition coefficient (Wildman–Crippen LogP) is 2.93. The van der Waals surface area contributed by atoms with Gasteiger partial charge in [0.05, 0.1) is 22.2 Å². The summed E-state index contributed by atoms with van der Waals surface area (Å²) in [6.45, 7) is 0.679. The third-order valence-electron chi connectivity index (χ3n) is 3.64. The largest absolute Gasteiger partial charge is 0.487 e. The second kappa shape index (κ2) is 10.2. The fourth-order valence-corrected chi connectivity index (χ4v) is 3.16. The Bertz CT molecular complexity index is 943. The first-order valence-corrected chi connectivity index (χ1v) is 10.2. The van der Waals surface area contributed by atoms with Crippen LogP contribution in [0.2, 0.25) is 5.02 Å². The van der Waals surface area contributed by atoms with Gasteiger partial charge in [-0.3, -0.25) is 4.79 Å². The van der Waals surface area contributed by atoms with Gasteiger partial charge >= 0.3 is 0 Å². The number of rotatable bonds is 9. The van der Waals surface area contributed by atoms with Gasteiger partial charge in [-0.25, -0.2) is 13.1 Å². The summed E-state index contributed by atoms with van der Waals surface area (Å²) in [4.78, 5) is 12.4. The van der Waals surface area contributed by atoms with Crippen LogP contribution in [0.3, 0.4) is 0 Å². The van der Waals surface area contributed by atoms with Crippen LogP contribution < -0.4 is 14.8 Å². The number of ether oxygens (including phenoxy) is 2. The third-order valence-corrected chi connectivity index (χ3v) is 5.37. The van der Waals surface area contributed by atoms with Crippen LogP contribution in [0.5, 0.6) is 5.75 Å². The van der Waals surface area contributed by atoms with E-state index >= 15 is 0 Å². The summed E-state index contributed by atoms with van der Waals surface area (Å²) in [6, 6.07) is 11.2. The molecule has 28 heavy (non-hydrogen) atoms. The van der Waals surface area contributed by atoms with E-state index in [2.05, 4.69) is 10.0 Å². The van der Waals surface area contributed by atoms with Crippen LogP contribution in [0.15, 0.2) is 53.4 Å². The lowest BCUT2D eigenvalue weighted by molar-refractivity contribution is -0.111. The molecule has 2 rings (SSSR count). The van der Waals surface area contributed by atoms with E-state index < -0.39 is 10.0 Å². The first-order valence-electron chi connectivity index (χ1n) is 8.30. The topological polar surface area (TPSA) is 93.7 Å². The van der Waals surface area contributed by atoms with Gasteiger partial charge in [-0.15, -0.1) is 0 Å². The summed E-state index contributed by atoms with van der Waals surface area (Å²) in [5.74, 6) is -0.0182. The molecule has 0 radical (unpaired) electrons. The third kappa shape index (κ3) is 6.07. The maximum atomic E-state index is 12.2. The van der Waals surface area contributed by atoms with Crippen molar-refractivity contribution in [3.05, 3.63) is 59.1 Å². The van der Waals surface area contributed by atoms with Crippen LogP contribution in [-0.4, -0.2) is 41.7 Å². The second-order valence-electron chi connectivity index (χ2n) is 5.56. The number of hydrogen-bond acceptors (Lipinski definition) is 5. The molecule has 1 amide bonds. The van der Waals surface area contributed by atoms with Crippen molar-refractivity contribution >= 4 is 39.3 Å². The summed E-state index contributed by atoms with van der Waals surface area (Å²) in [5.41, 5.74) is 1.11. The highest BCUT2D eigenvalue weighted by atomic mass is 35.5. The van der Waals surface area contributed by atoms with E-state index in [0.29, 0.717) is 35.2 Å². The SMILES string of the molecule is CNS(=O)(=O)c1ccc(/C=C/C(=O)Nc2cccc(Cl)c2OCCOC)cc1. The van der Waals surface area contributed by atoms with Crippen molar-refractivity contribution in [1.29, 1.82) is 0 Å². The lowest BCUT2D eigenvalue weighted by Crippen LogP contribution is -2.18. The van der Waals surface area contributed by atoms with E-state index in [9.17, 15) is 13.2 Å². The highest BCUT2D eigenvalue weighted by Crippen LogP contribution is 2.32. The number of amides is 1. The van der Waals surface area contributed by atoms with Crippen molar-refractivity contribution in [3.8, 4) is 5.75 Å². The molecule has 0 aliphatic heterocycles. The average molecular weight is 425 g/mol. The van der Waals surface area contributed by atoms with Gasteiger partial charge in [-0.1, -0.05) is 29.8 Å². The number of hydrogen-bond donors (Lipinski definition) is 2. The Morgan fingerprint density at radius 1 is 1.14 bits per heavy atom. The summed E-state index contributed by atoms with van der Waals surface area (Å²) in [7, 11) is -0.591. The Labute approximate surface area is 169 Å². The van der Waals surface area contributed by atoms with Crippen molar-refractivity contribution < 1.29 is 22.7 Å². The molecule has 2 N–H and O–H groups in total. The molecule has 0 fully saturated rings. The zero-order valence-electron chi connectivity index (χ0n) is 15.4. The van der Waals surface area contributed by atoms with Crippen molar-refractivity contribution in [2.24, 2.45) is 0 Å². The summed E-state index contributed by atoms with van der Waals surface area (Å²) >= 11 is 6.14. The van der Waals surface area contributed by atoms with E-state index in [1.807, 2.05) is 0 Å². The Morgan fingerprint density at radius 2 is 1.86 bits per heavy atom. The molecule has 0 saturated carbocycles. The molecule has 0 unspecified atom stereocenters. The van der Waals surface area contributed by atoms with Gasteiger partial charge < -0.3 is 14.8 Å². The lowest BCUT2D eigenvalue weighted by Gasteiger charge is -2.13. The molecule has 0 saturated heterocycles. The molecule has 0 aliphatic carbocycles. The lowest BCUT2D eigenvalue weighted by atomic mass is 10.2. The van der Waals surface area contributed by atoms with Gasteiger partial charge in [0, 0.05) is 13.2 Å². The van der Waals surface area contributed by atoms with E-state index in [-0.39, 0.29) is 10.8 Å². The Morgan fingerprint density at radius 3 is 2.50 bits per heavy atom. The molecule has 9 heteroatoms. The fourth-order valence-electron chi connectivity index (χ4n) is 2.20. The minimum Gasteiger partial charge on any atom is -0.487 e. The van der Waals surface area contributed by atoms with Gasteiger partial charge in [0.1, 0.15) is 6.61 Å². The van der Waals surface area contributed by atoms with E-state index in [1.165, 1.54) is 25.3 Å². The van der Waals surface area contributed by atoms with Gasteiger partial charge in [0.2, 0.25) is 15.9 Å². The summed E-state index contributed by atoms with van der Waals surface area (Å²) < 4.78 is 36.2. The molecule has 0 aliphatic rings. The molecular weight excluding hydrogens is 404 g/mol. The van der Waals surface area contributed by atoms with Crippen molar-refractivity contribution in [1.82, 2.24) is 4.72 Å². The van der Waals surface area contributed by atoms with Crippen molar-refractivity contribution in [2.45, 2.75) is 4.90 Å². The fraction of sp³-hybridized carbons (Fsp3) is 0.211. The smallest absolute Gasteiger partial charge is 0.248 e. The van der Waals surface area contributed by atoms with Crippen LogP contribution in [0.4, 0.5) is 5.69 Å². The number of halogens is 1. The normalized spacial score (nSPS) is 11.5. The number of anilines is 1. The zero-order valence-corrected chi connectivity index (χ0v) is 17.0. The molecule has 150 valence electrons. The standard InChI is InChI=1S/C19H21ClN2O5S/c1-21-28(24,25)15-9-6-14(7-10-15)8-11-18(23)22-17-5-3-4-16(20)19(17)27-13-12-26-2/h3-11,21H,12-13H2,1-2H3,(H,22,23)/b11-8+. The molecule has 2 aromatic carbocycles. The van der Waals surface area contributed by atoms with Gasteiger partial charge in [0.25, 0.3) is 0 Å². The van der Waals surface area contributed by atoms with E-state index in [4.69, 9.17) is 21.1 Å². The minimum atomic E-state index is -3.49. The first kappa shape index (κ1) is 21.9. The Kier molecular flexibility index (Phi) is 8.01. The average Bonchev–Trinajstić information content (AvgIpc) is 2.69. The number of sulfonamides is 1. The van der Waals surface area contributed by atoms with Crippen molar-refractivity contribution in [2.75, 3.05) is 32.7 Å². The number of carbonyl (C=O) groups is 1. The van der Waals surface area contributed by atoms with E-state index in [1.54, 1.807) is 43.5 Å². The van der Waals surface area contributed by atoms with Crippen molar-refractivity contribution in [3.63, 3.8) is 0 Å². The Balaban J connectivity index is 2.07. The monoisotopic (exact) mass is 424 g/mol. The predicted molar refractivity (Wildman–Crippen MR) is 109 cm³/mol. The minimum absolute atomic E-state index is 0.147. The highest BCUT2D eigenvalue weighted by Gasteiger charge is 2.11. The van der Waals surface area contributed by atoms with Crippen LogP contribution in [0.25, 0.3) is 6.08 Å². The van der Waals surface area contributed by atoms with E-state index in [0.717, 1.165) is 0 Å². The van der Waals surface area contributed by atoms with Crippen LogP contribution >= 0.6 is 11.6 Å². The van der Waals surface area contributed by atoms with Gasteiger partial charge in [0.15, 0.2) is 5.75 Å². The van der Waals surface area contributed by atoms with Crippen LogP contribution in [0, 0.1) is 0 Å². The zero-order chi connectivity index (χ0) is 20.6. The molecule has 7 nitrogen and oxygen atoms in total. The molecule has 2 aromatic rings. The quantitative estimate of drug-likeness (QED) is 0.477. The second-order valence-corrected chi connectivity index (χ2v) is 7.85. The molecular formula is C19H21ClN2O5S. The first-order chi connectivity index (χ1) is 13.4. The van der Waals surface area contributed by atoms with Gasteiger partial charge in [-0.05, 0) is 43.0 Å². The maximum Gasteiger partial charge on any atom is 0.248 e. The summed E-state index contributed by atoms with van der Waals surface area (Å²) in [6.07, 6.45) is 2.91. The Hall–Kier alpha value is -2.39. The van der Waals surface area contributed by atoms with Crippen LogP contribution in [0.1, 0.15) is 5.56 Å². The number of carbonyl (C=O) groups excluding carboxylic acids is 1. The molecule has 0 atom stereocenters. The van der Waals surface area contributed by atoms with Gasteiger partial charge in [-0.2, -0.15) is 0 Å². The molecule has 0 bridgehead atoms. The molecule has 0 spiro atoms.